The molecule has 6 heteroatoms. The summed E-state index contributed by atoms with van der Waals surface area (Å²) in [5.41, 5.74) is -0.357. The molecule has 1 saturated heterocycles. The fraction of sp³-hybridized carbons (Fsp3) is 0.500. The number of carboxylic acid groups (broad SMARTS) is 1. The van der Waals surface area contributed by atoms with Crippen LogP contribution in [0, 0.1) is 11.7 Å². The molecule has 98 valence electrons. The van der Waals surface area contributed by atoms with Gasteiger partial charge in [0.05, 0.1) is 0 Å². The highest BCUT2D eigenvalue weighted by atomic mass is 19.1. The van der Waals surface area contributed by atoms with Crippen LogP contribution >= 0.6 is 0 Å². The van der Waals surface area contributed by atoms with Crippen LogP contribution in [0.15, 0.2) is 12.3 Å². The van der Waals surface area contributed by atoms with Crippen LogP contribution in [0.2, 0.25) is 0 Å². The maximum Gasteiger partial charge on any atom is 0.338 e. The molecule has 2 heterocycles. The summed E-state index contributed by atoms with van der Waals surface area (Å²) in [6.45, 7) is 1.30. The fourth-order valence-corrected chi connectivity index (χ4v) is 2.15. The molecule has 0 aromatic carbocycles. The molecule has 0 radical (unpaired) electrons. The lowest BCUT2D eigenvalue weighted by atomic mass is 9.98. The number of hydrogen-bond acceptors (Lipinski definition) is 4. The zero-order valence-electron chi connectivity index (χ0n) is 9.84. The number of aliphatic hydroxyl groups excluding tert-OH is 1. The summed E-state index contributed by atoms with van der Waals surface area (Å²) >= 11 is 0. The van der Waals surface area contributed by atoms with Crippen molar-refractivity contribution in [3.63, 3.8) is 0 Å². The Morgan fingerprint density at radius 3 is 2.72 bits per heavy atom. The highest BCUT2D eigenvalue weighted by Gasteiger charge is 2.24. The number of hydrogen-bond donors (Lipinski definition) is 2. The van der Waals surface area contributed by atoms with E-state index in [-0.39, 0.29) is 23.9 Å². The number of nitrogens with zero attached hydrogens (tertiary/aromatic N) is 2. The molecule has 0 bridgehead atoms. The lowest BCUT2D eigenvalue weighted by Crippen LogP contribution is -2.36. The van der Waals surface area contributed by atoms with Gasteiger partial charge in [0.25, 0.3) is 0 Å². The van der Waals surface area contributed by atoms with Crippen LogP contribution in [0.5, 0.6) is 0 Å². The van der Waals surface area contributed by atoms with Crippen molar-refractivity contribution in [3.05, 3.63) is 23.6 Å². The third-order valence-corrected chi connectivity index (χ3v) is 3.27. The molecule has 0 amide bonds. The van der Waals surface area contributed by atoms with Crippen LogP contribution in [-0.2, 0) is 0 Å². The molecule has 1 aliphatic heterocycles. The van der Waals surface area contributed by atoms with E-state index in [0.717, 1.165) is 18.9 Å². The smallest absolute Gasteiger partial charge is 0.338 e. The lowest BCUT2D eigenvalue weighted by molar-refractivity contribution is 0.0691. The van der Waals surface area contributed by atoms with Crippen LogP contribution in [-0.4, -0.2) is 40.9 Å². The standard InChI is InChI=1S/C12H15FN2O3/c13-10-9(12(17)18)1-4-14-11(10)15-5-2-8(7-16)3-6-15/h1,4,8,16H,2-3,5-7H2,(H,17,18). The lowest BCUT2D eigenvalue weighted by Gasteiger charge is -2.32. The van der Waals surface area contributed by atoms with Crippen molar-refractivity contribution in [1.82, 2.24) is 4.98 Å². The molecule has 1 fully saturated rings. The quantitative estimate of drug-likeness (QED) is 0.845. The minimum Gasteiger partial charge on any atom is -0.478 e. The van der Waals surface area contributed by atoms with Gasteiger partial charge in [-0.25, -0.2) is 14.2 Å². The number of anilines is 1. The Balaban J connectivity index is 2.19. The molecular formula is C12H15FN2O3. The molecule has 2 rings (SSSR count). The number of aliphatic hydroxyl groups is 1. The first-order chi connectivity index (χ1) is 8.63. The van der Waals surface area contributed by atoms with E-state index in [9.17, 15) is 9.18 Å². The molecule has 0 saturated carbocycles. The average molecular weight is 254 g/mol. The number of carbonyl (C=O) groups is 1. The molecule has 1 aromatic heterocycles. The number of aromatic carboxylic acids is 1. The number of carboxylic acids is 1. The Kier molecular flexibility index (Phi) is 3.76. The van der Waals surface area contributed by atoms with Crippen LogP contribution in [0.3, 0.4) is 0 Å². The van der Waals surface area contributed by atoms with Crippen molar-refractivity contribution < 1.29 is 19.4 Å². The maximum atomic E-state index is 14.0. The summed E-state index contributed by atoms with van der Waals surface area (Å²) in [6, 6.07) is 1.15. The molecule has 0 aliphatic carbocycles. The molecule has 1 aromatic rings. The zero-order valence-corrected chi connectivity index (χ0v) is 9.84. The van der Waals surface area contributed by atoms with Gasteiger partial charge in [-0.05, 0) is 24.8 Å². The van der Waals surface area contributed by atoms with Gasteiger partial charge >= 0.3 is 5.97 Å². The first-order valence-electron chi connectivity index (χ1n) is 5.87. The summed E-state index contributed by atoms with van der Waals surface area (Å²) in [5, 5.41) is 17.9. The van der Waals surface area contributed by atoms with Crippen LogP contribution in [0.4, 0.5) is 10.2 Å². The second kappa shape index (κ2) is 5.30. The number of piperidine rings is 1. The fourth-order valence-electron chi connectivity index (χ4n) is 2.15. The van der Waals surface area contributed by atoms with Crippen molar-refractivity contribution in [3.8, 4) is 0 Å². The first kappa shape index (κ1) is 12.8. The van der Waals surface area contributed by atoms with Gasteiger partial charge in [0, 0.05) is 25.9 Å². The van der Waals surface area contributed by atoms with Crippen molar-refractivity contribution in [2.24, 2.45) is 5.92 Å². The second-order valence-electron chi connectivity index (χ2n) is 4.41. The van der Waals surface area contributed by atoms with Crippen molar-refractivity contribution in [2.75, 3.05) is 24.6 Å². The van der Waals surface area contributed by atoms with Gasteiger partial charge in [0.2, 0.25) is 0 Å². The Morgan fingerprint density at radius 2 is 2.17 bits per heavy atom. The molecule has 1 aliphatic rings. The summed E-state index contributed by atoms with van der Waals surface area (Å²) in [6.07, 6.45) is 2.82. The molecule has 5 nitrogen and oxygen atoms in total. The largest absolute Gasteiger partial charge is 0.478 e. The normalized spacial score (nSPS) is 16.9. The predicted molar refractivity (Wildman–Crippen MR) is 63.2 cm³/mol. The van der Waals surface area contributed by atoms with E-state index < -0.39 is 11.8 Å². The van der Waals surface area contributed by atoms with Gasteiger partial charge in [-0.1, -0.05) is 0 Å². The minimum absolute atomic E-state index is 0.0892. The summed E-state index contributed by atoms with van der Waals surface area (Å²) in [4.78, 5) is 16.5. The van der Waals surface area contributed by atoms with Gasteiger partial charge in [0.15, 0.2) is 11.6 Å². The van der Waals surface area contributed by atoms with Gasteiger partial charge in [-0.2, -0.15) is 0 Å². The predicted octanol–water partition coefficient (Wildman–Crippen LogP) is 1.13. The molecule has 0 spiro atoms. The summed E-state index contributed by atoms with van der Waals surface area (Å²) in [5.74, 6) is -1.74. The second-order valence-corrected chi connectivity index (χ2v) is 4.41. The average Bonchev–Trinajstić information content (AvgIpc) is 2.39. The monoisotopic (exact) mass is 254 g/mol. The maximum absolute atomic E-state index is 14.0. The van der Waals surface area contributed by atoms with Crippen molar-refractivity contribution >= 4 is 11.8 Å². The Morgan fingerprint density at radius 1 is 1.50 bits per heavy atom. The number of aromatic nitrogens is 1. The number of rotatable bonds is 3. The highest BCUT2D eigenvalue weighted by molar-refractivity contribution is 5.88. The Bertz CT molecular complexity index is 445. The Hall–Kier alpha value is -1.69. The van der Waals surface area contributed by atoms with Crippen LogP contribution < -0.4 is 4.90 Å². The highest BCUT2D eigenvalue weighted by Crippen LogP contribution is 2.25. The summed E-state index contributed by atoms with van der Waals surface area (Å²) in [7, 11) is 0. The third-order valence-electron chi connectivity index (χ3n) is 3.27. The van der Waals surface area contributed by atoms with E-state index in [1.165, 1.54) is 6.20 Å². The van der Waals surface area contributed by atoms with Gasteiger partial charge < -0.3 is 15.1 Å². The number of pyridine rings is 1. The van der Waals surface area contributed by atoms with Crippen molar-refractivity contribution in [1.29, 1.82) is 0 Å². The van der Waals surface area contributed by atoms with E-state index in [1.54, 1.807) is 4.90 Å². The molecule has 18 heavy (non-hydrogen) atoms. The van der Waals surface area contributed by atoms with Crippen LogP contribution in [0.1, 0.15) is 23.2 Å². The number of halogens is 1. The molecule has 2 N–H and O–H groups in total. The zero-order chi connectivity index (χ0) is 13.1. The van der Waals surface area contributed by atoms with E-state index in [0.29, 0.717) is 13.1 Å². The van der Waals surface area contributed by atoms with Crippen molar-refractivity contribution in [2.45, 2.75) is 12.8 Å². The topological polar surface area (TPSA) is 73.7 Å². The van der Waals surface area contributed by atoms with E-state index in [4.69, 9.17) is 10.2 Å². The molecule has 0 atom stereocenters. The summed E-state index contributed by atoms with van der Waals surface area (Å²) < 4.78 is 14.0. The third kappa shape index (κ3) is 2.43. The Labute approximate surface area is 104 Å². The molecule has 0 unspecified atom stereocenters. The van der Waals surface area contributed by atoms with E-state index in [1.807, 2.05) is 0 Å². The van der Waals surface area contributed by atoms with Crippen LogP contribution in [0.25, 0.3) is 0 Å². The van der Waals surface area contributed by atoms with Gasteiger partial charge in [0.1, 0.15) is 5.56 Å². The van der Waals surface area contributed by atoms with Gasteiger partial charge in [-0.3, -0.25) is 0 Å². The minimum atomic E-state index is -1.29. The van der Waals surface area contributed by atoms with E-state index >= 15 is 0 Å². The first-order valence-corrected chi connectivity index (χ1v) is 5.87. The SMILES string of the molecule is O=C(O)c1ccnc(N2CCC(CO)CC2)c1F. The van der Waals surface area contributed by atoms with Gasteiger partial charge in [-0.15, -0.1) is 0 Å². The van der Waals surface area contributed by atoms with E-state index in [2.05, 4.69) is 4.98 Å². The molecular weight excluding hydrogens is 239 g/mol.